The molecule has 0 fully saturated rings. The van der Waals surface area contributed by atoms with Crippen LogP contribution in [-0.2, 0) is 4.43 Å². The number of hydrazone groups is 1. The topological polar surface area (TPSA) is 45.1 Å². The third-order valence-corrected chi connectivity index (χ3v) is 9.64. The van der Waals surface area contributed by atoms with Crippen LogP contribution in [0.1, 0.15) is 67.7 Å². The number of nitrogens with zero attached hydrogens (tertiary/aromatic N) is 2. The van der Waals surface area contributed by atoms with Gasteiger partial charge < -0.3 is 14.5 Å². The van der Waals surface area contributed by atoms with Crippen LogP contribution in [0.3, 0.4) is 0 Å². The van der Waals surface area contributed by atoms with Gasteiger partial charge >= 0.3 is 0 Å². The van der Waals surface area contributed by atoms with Crippen LogP contribution in [0.25, 0.3) is 0 Å². The van der Waals surface area contributed by atoms with E-state index in [0.717, 1.165) is 12.1 Å². The van der Waals surface area contributed by atoms with E-state index >= 15 is 0 Å². The van der Waals surface area contributed by atoms with Crippen LogP contribution in [0.5, 0.6) is 0 Å². The molecule has 0 saturated carbocycles. The summed E-state index contributed by atoms with van der Waals surface area (Å²) in [6.07, 6.45) is 2.33. The summed E-state index contributed by atoms with van der Waals surface area (Å²) in [4.78, 5) is 0. The molecule has 1 unspecified atom stereocenters. The van der Waals surface area contributed by atoms with Crippen molar-refractivity contribution in [2.24, 2.45) is 11.0 Å². The number of aliphatic hydroxyl groups is 1. The van der Waals surface area contributed by atoms with Gasteiger partial charge in [-0.2, -0.15) is 5.10 Å². The molecule has 0 aliphatic rings. The highest BCUT2D eigenvalue weighted by molar-refractivity contribution is 6.74. The second-order valence-electron chi connectivity index (χ2n) is 9.29. The first-order valence-electron chi connectivity index (χ1n) is 9.26. The van der Waals surface area contributed by atoms with E-state index in [2.05, 4.69) is 59.7 Å². The summed E-state index contributed by atoms with van der Waals surface area (Å²) in [6, 6.07) is 0. The van der Waals surface area contributed by atoms with Crippen molar-refractivity contribution in [2.45, 2.75) is 97.6 Å². The Morgan fingerprint density at radius 2 is 1.62 bits per heavy atom. The molecule has 1 N–H and O–H groups in total. The van der Waals surface area contributed by atoms with E-state index in [1.54, 1.807) is 0 Å². The fraction of sp³-hybridized carbons (Fsp3) is 0.947. The van der Waals surface area contributed by atoms with Gasteiger partial charge in [-0.05, 0) is 50.7 Å². The van der Waals surface area contributed by atoms with Crippen molar-refractivity contribution in [1.82, 2.24) is 5.01 Å². The maximum absolute atomic E-state index is 10.9. The van der Waals surface area contributed by atoms with Gasteiger partial charge in [0.25, 0.3) is 0 Å². The molecule has 144 valence electrons. The summed E-state index contributed by atoms with van der Waals surface area (Å²) >= 11 is 0. The molecule has 5 heteroatoms. The normalized spacial score (nSPS) is 18.9. The lowest BCUT2D eigenvalue weighted by atomic mass is 9.86. The smallest absolute Gasteiger partial charge is 0.192 e. The summed E-state index contributed by atoms with van der Waals surface area (Å²) in [7, 11) is 2.08. The molecule has 0 aromatic rings. The average molecular weight is 359 g/mol. The largest absolute Gasteiger partial charge is 0.414 e. The quantitative estimate of drug-likeness (QED) is 0.362. The predicted octanol–water partition coefficient (Wildman–Crippen LogP) is 4.89. The summed E-state index contributed by atoms with van der Waals surface area (Å²) in [5.74, 6) is 0.257. The SMILES string of the molecule is CC/C(=N\N(C)C)C(C)C[C@](C)(O)C[C@H](C)O[Si](C)(C)C(C)(C)C. The Hall–Kier alpha value is -0.393. The molecule has 0 amide bonds. The van der Waals surface area contributed by atoms with Crippen LogP contribution < -0.4 is 0 Å². The van der Waals surface area contributed by atoms with Crippen LogP contribution >= 0.6 is 0 Å². The van der Waals surface area contributed by atoms with Crippen molar-refractivity contribution < 1.29 is 9.53 Å². The van der Waals surface area contributed by atoms with Gasteiger partial charge in [0.05, 0.1) is 5.60 Å². The van der Waals surface area contributed by atoms with Gasteiger partial charge in [0.15, 0.2) is 8.32 Å². The van der Waals surface area contributed by atoms with Crippen molar-refractivity contribution in [3.05, 3.63) is 0 Å². The second kappa shape index (κ2) is 8.81. The van der Waals surface area contributed by atoms with Gasteiger partial charge in [0, 0.05) is 32.3 Å². The van der Waals surface area contributed by atoms with Crippen molar-refractivity contribution >= 4 is 14.0 Å². The van der Waals surface area contributed by atoms with Crippen molar-refractivity contribution in [3.8, 4) is 0 Å². The highest BCUT2D eigenvalue weighted by Crippen LogP contribution is 2.38. The Labute approximate surface area is 151 Å². The van der Waals surface area contributed by atoms with E-state index in [1.807, 2.05) is 26.0 Å². The van der Waals surface area contributed by atoms with Crippen LogP contribution in [-0.4, -0.2) is 49.9 Å². The van der Waals surface area contributed by atoms with Crippen molar-refractivity contribution in [3.63, 3.8) is 0 Å². The minimum Gasteiger partial charge on any atom is -0.414 e. The monoisotopic (exact) mass is 358 g/mol. The van der Waals surface area contributed by atoms with E-state index in [0.29, 0.717) is 12.8 Å². The van der Waals surface area contributed by atoms with Gasteiger partial charge in [-0.3, -0.25) is 0 Å². The van der Waals surface area contributed by atoms with Crippen molar-refractivity contribution in [1.29, 1.82) is 0 Å². The van der Waals surface area contributed by atoms with Crippen LogP contribution in [0.15, 0.2) is 5.10 Å². The zero-order chi connectivity index (χ0) is 19.3. The van der Waals surface area contributed by atoms with Gasteiger partial charge in [-0.1, -0.05) is 34.6 Å². The van der Waals surface area contributed by atoms with E-state index in [1.165, 1.54) is 0 Å². The lowest BCUT2D eigenvalue weighted by Crippen LogP contribution is -2.45. The molecule has 0 heterocycles. The fourth-order valence-electron chi connectivity index (χ4n) is 2.98. The first-order chi connectivity index (χ1) is 10.6. The molecule has 0 aromatic carbocycles. The summed E-state index contributed by atoms with van der Waals surface area (Å²) in [5, 5.41) is 17.5. The van der Waals surface area contributed by atoms with Gasteiger partial charge in [-0.25, -0.2) is 0 Å². The molecule has 0 radical (unpaired) electrons. The van der Waals surface area contributed by atoms with E-state index < -0.39 is 13.9 Å². The average Bonchev–Trinajstić information content (AvgIpc) is 2.31. The van der Waals surface area contributed by atoms with Gasteiger partial charge in [-0.15, -0.1) is 0 Å². The molecule has 0 spiro atoms. The molecule has 0 aliphatic heterocycles. The van der Waals surface area contributed by atoms with Crippen LogP contribution in [0.2, 0.25) is 18.1 Å². The molecule has 0 saturated heterocycles. The number of rotatable bonds is 9. The third-order valence-electron chi connectivity index (χ3n) is 5.03. The third kappa shape index (κ3) is 8.12. The number of hydrogen-bond acceptors (Lipinski definition) is 4. The summed E-state index contributed by atoms with van der Waals surface area (Å²) in [6.45, 7) is 19.6. The summed E-state index contributed by atoms with van der Waals surface area (Å²) in [5.41, 5.74) is 0.391. The standard InChI is InChI=1S/C19H42N2O2Si/c1-12-17(20-21(8)9)15(2)13-19(7,22)14-16(3)23-24(10,11)18(4,5)6/h15-16,22H,12-14H2,1-11H3/b20-17+/t15?,16-,19-/m0/s1. The molecule has 24 heavy (non-hydrogen) atoms. The maximum atomic E-state index is 10.9. The molecule has 0 aromatic heterocycles. The Kier molecular flexibility index (Phi) is 8.67. The lowest BCUT2D eigenvalue weighted by molar-refractivity contribution is 0.000389. The van der Waals surface area contributed by atoms with Gasteiger partial charge in [0.2, 0.25) is 0 Å². The Balaban J connectivity index is 4.85. The molecule has 0 aliphatic carbocycles. The minimum absolute atomic E-state index is 0.0592. The van der Waals surface area contributed by atoms with Gasteiger partial charge in [0.1, 0.15) is 0 Å². The first kappa shape index (κ1) is 23.6. The zero-order valence-electron chi connectivity index (χ0n) is 18.0. The highest BCUT2D eigenvalue weighted by Gasteiger charge is 2.39. The fourth-order valence-corrected chi connectivity index (χ4v) is 4.42. The maximum Gasteiger partial charge on any atom is 0.192 e. The van der Waals surface area contributed by atoms with E-state index in [4.69, 9.17) is 4.43 Å². The predicted molar refractivity (Wildman–Crippen MR) is 108 cm³/mol. The highest BCUT2D eigenvalue weighted by atomic mass is 28.4. The molecule has 0 rings (SSSR count). The Morgan fingerprint density at radius 3 is 2.00 bits per heavy atom. The van der Waals surface area contributed by atoms with Crippen molar-refractivity contribution in [2.75, 3.05) is 14.1 Å². The lowest BCUT2D eigenvalue weighted by Gasteiger charge is -2.40. The zero-order valence-corrected chi connectivity index (χ0v) is 19.0. The molecule has 4 nitrogen and oxygen atoms in total. The van der Waals surface area contributed by atoms with E-state index in [9.17, 15) is 5.11 Å². The molecule has 0 bridgehead atoms. The molecular weight excluding hydrogens is 316 g/mol. The Bertz CT molecular complexity index is 412. The summed E-state index contributed by atoms with van der Waals surface area (Å²) < 4.78 is 6.41. The Morgan fingerprint density at radius 1 is 1.12 bits per heavy atom. The molecular formula is C19H42N2O2Si. The van der Waals surface area contributed by atoms with Crippen LogP contribution in [0.4, 0.5) is 0 Å². The molecule has 3 atom stereocenters. The second-order valence-corrected chi connectivity index (χ2v) is 14.0. The van der Waals surface area contributed by atoms with Crippen LogP contribution in [0, 0.1) is 5.92 Å². The van der Waals surface area contributed by atoms with E-state index in [-0.39, 0.29) is 17.1 Å². The number of hydrogen-bond donors (Lipinski definition) is 1. The first-order valence-corrected chi connectivity index (χ1v) is 12.2. The minimum atomic E-state index is -1.80.